The fourth-order valence-electron chi connectivity index (χ4n) is 7.20. The van der Waals surface area contributed by atoms with Gasteiger partial charge < -0.3 is 14.2 Å². The van der Waals surface area contributed by atoms with Crippen LogP contribution < -0.4 is 0 Å². The van der Waals surface area contributed by atoms with Gasteiger partial charge in [-0.3, -0.25) is 9.59 Å². The summed E-state index contributed by atoms with van der Waals surface area (Å²) in [7, 11) is 0. The van der Waals surface area contributed by atoms with Gasteiger partial charge in [-0.1, -0.05) is 216 Å². The number of carbonyl (C=O) groups is 2. The van der Waals surface area contributed by atoms with Crippen molar-refractivity contribution in [3.05, 3.63) is 60.8 Å². The van der Waals surface area contributed by atoms with Crippen LogP contribution in [0, 0.1) is 0 Å². The van der Waals surface area contributed by atoms with E-state index in [1.165, 1.54) is 141 Å². The summed E-state index contributed by atoms with van der Waals surface area (Å²) in [6, 6.07) is 0. The predicted octanol–water partition coefficient (Wildman–Crippen LogP) is 17.3. The molecule has 0 fully saturated rings. The smallest absolute Gasteiger partial charge is 0.306 e. The van der Waals surface area contributed by atoms with Crippen LogP contribution in [0.5, 0.6) is 0 Å². The number of esters is 2. The average molecular weight is 839 g/mol. The average Bonchev–Trinajstić information content (AvgIpc) is 3.25. The summed E-state index contributed by atoms with van der Waals surface area (Å²) in [5.74, 6) is -0.414. The molecule has 0 saturated carbocycles. The standard InChI is InChI=1S/C55H98O5/c1-4-7-10-13-16-19-22-24-26-27-28-30-32-35-38-41-44-47-50-58-51-53(60-55(57)49-46-43-40-37-33-21-18-15-12-9-6-3)52-59-54(56)48-45-42-39-36-34-31-29-25-23-20-17-14-11-8-5-2/h8,11,16-17,19-20,24-26,29,53H,4-7,9-10,12-15,18,21-23,27-28,30-52H2,1-3H3/b11-8-,19-16-,20-17-,26-24-,29-25-. The van der Waals surface area contributed by atoms with Gasteiger partial charge in [0, 0.05) is 19.4 Å². The molecule has 0 spiro atoms. The number of carbonyl (C=O) groups excluding carboxylic acids is 2. The van der Waals surface area contributed by atoms with Crippen molar-refractivity contribution in [2.24, 2.45) is 0 Å². The molecule has 0 amide bonds. The second kappa shape index (κ2) is 51.0. The Labute approximate surface area is 373 Å². The van der Waals surface area contributed by atoms with Crippen molar-refractivity contribution in [3.8, 4) is 0 Å². The lowest BCUT2D eigenvalue weighted by Crippen LogP contribution is -2.30. The minimum atomic E-state index is -0.544. The number of rotatable bonds is 47. The molecule has 0 radical (unpaired) electrons. The van der Waals surface area contributed by atoms with Gasteiger partial charge >= 0.3 is 11.9 Å². The zero-order valence-electron chi connectivity index (χ0n) is 40.0. The van der Waals surface area contributed by atoms with Crippen LogP contribution in [0.2, 0.25) is 0 Å². The maximum absolute atomic E-state index is 12.8. The van der Waals surface area contributed by atoms with Gasteiger partial charge in [0.1, 0.15) is 6.61 Å². The minimum absolute atomic E-state index is 0.0752. The van der Waals surface area contributed by atoms with Gasteiger partial charge in [-0.05, 0) is 83.5 Å². The number of unbranched alkanes of at least 4 members (excludes halogenated alkanes) is 26. The Bertz CT molecular complexity index is 1040. The molecule has 0 aliphatic carbocycles. The minimum Gasteiger partial charge on any atom is -0.462 e. The third kappa shape index (κ3) is 48.3. The largest absolute Gasteiger partial charge is 0.462 e. The van der Waals surface area contributed by atoms with E-state index in [9.17, 15) is 9.59 Å². The predicted molar refractivity (Wildman–Crippen MR) is 261 cm³/mol. The van der Waals surface area contributed by atoms with E-state index < -0.39 is 6.10 Å². The van der Waals surface area contributed by atoms with Crippen molar-refractivity contribution in [2.75, 3.05) is 19.8 Å². The Morgan fingerprint density at radius 3 is 1.23 bits per heavy atom. The van der Waals surface area contributed by atoms with Gasteiger partial charge in [0.25, 0.3) is 0 Å². The van der Waals surface area contributed by atoms with Crippen molar-refractivity contribution in [1.82, 2.24) is 0 Å². The highest BCUT2D eigenvalue weighted by Gasteiger charge is 2.17. The topological polar surface area (TPSA) is 61.8 Å². The highest BCUT2D eigenvalue weighted by atomic mass is 16.6. The Hall–Kier alpha value is -2.40. The van der Waals surface area contributed by atoms with Crippen LogP contribution in [0.3, 0.4) is 0 Å². The quantitative estimate of drug-likeness (QED) is 0.0347. The van der Waals surface area contributed by atoms with E-state index in [0.29, 0.717) is 19.4 Å². The van der Waals surface area contributed by atoms with Crippen molar-refractivity contribution in [1.29, 1.82) is 0 Å². The van der Waals surface area contributed by atoms with Crippen molar-refractivity contribution >= 4 is 11.9 Å². The Balaban J connectivity index is 4.25. The summed E-state index contributed by atoms with van der Waals surface area (Å²) < 4.78 is 17.4. The van der Waals surface area contributed by atoms with E-state index in [1.54, 1.807) is 0 Å². The lowest BCUT2D eigenvalue weighted by Gasteiger charge is -2.18. The molecule has 0 N–H and O–H groups in total. The molecule has 0 bridgehead atoms. The summed E-state index contributed by atoms with van der Waals surface area (Å²) in [6.45, 7) is 7.68. The van der Waals surface area contributed by atoms with Gasteiger partial charge in [0.15, 0.2) is 6.10 Å². The first kappa shape index (κ1) is 57.6. The second-order valence-corrected chi connectivity index (χ2v) is 17.0. The number of hydrogen-bond acceptors (Lipinski definition) is 5. The van der Waals surface area contributed by atoms with Crippen LogP contribution in [-0.4, -0.2) is 37.9 Å². The van der Waals surface area contributed by atoms with E-state index in [-0.39, 0.29) is 25.2 Å². The molecule has 1 unspecified atom stereocenters. The molecule has 0 saturated heterocycles. The zero-order valence-corrected chi connectivity index (χ0v) is 40.0. The fourth-order valence-corrected chi connectivity index (χ4v) is 7.20. The normalized spacial score (nSPS) is 12.7. The first-order valence-electron chi connectivity index (χ1n) is 25.8. The lowest BCUT2D eigenvalue weighted by atomic mass is 10.1. The molecular formula is C55H98O5. The first-order valence-corrected chi connectivity index (χ1v) is 25.8. The van der Waals surface area contributed by atoms with E-state index in [0.717, 1.165) is 77.0 Å². The summed E-state index contributed by atoms with van der Waals surface area (Å²) in [4.78, 5) is 25.3. The van der Waals surface area contributed by atoms with Gasteiger partial charge in [-0.25, -0.2) is 0 Å². The van der Waals surface area contributed by atoms with Crippen LogP contribution in [0.15, 0.2) is 60.8 Å². The molecule has 0 aromatic carbocycles. The van der Waals surface area contributed by atoms with E-state index >= 15 is 0 Å². The molecule has 348 valence electrons. The Morgan fingerprint density at radius 2 is 0.750 bits per heavy atom. The molecule has 0 heterocycles. The molecule has 0 aliphatic heterocycles. The monoisotopic (exact) mass is 839 g/mol. The third-order valence-electron chi connectivity index (χ3n) is 11.0. The maximum Gasteiger partial charge on any atom is 0.306 e. The number of ether oxygens (including phenoxy) is 3. The van der Waals surface area contributed by atoms with Crippen molar-refractivity contribution in [2.45, 2.75) is 258 Å². The fraction of sp³-hybridized carbons (Fsp3) is 0.782. The van der Waals surface area contributed by atoms with Crippen LogP contribution >= 0.6 is 0 Å². The van der Waals surface area contributed by atoms with E-state index in [1.807, 2.05) is 0 Å². The third-order valence-corrected chi connectivity index (χ3v) is 11.0. The molecule has 5 heteroatoms. The van der Waals surface area contributed by atoms with E-state index in [2.05, 4.69) is 81.5 Å². The molecule has 0 aromatic heterocycles. The number of allylic oxidation sites excluding steroid dienone is 10. The van der Waals surface area contributed by atoms with Crippen molar-refractivity contribution < 1.29 is 23.8 Å². The highest BCUT2D eigenvalue weighted by molar-refractivity contribution is 5.70. The zero-order chi connectivity index (χ0) is 43.5. The molecule has 5 nitrogen and oxygen atoms in total. The van der Waals surface area contributed by atoms with E-state index in [4.69, 9.17) is 14.2 Å². The molecule has 0 aliphatic rings. The van der Waals surface area contributed by atoms with Gasteiger partial charge in [0.2, 0.25) is 0 Å². The maximum atomic E-state index is 12.8. The number of hydrogen-bond donors (Lipinski definition) is 0. The Morgan fingerprint density at radius 1 is 0.383 bits per heavy atom. The highest BCUT2D eigenvalue weighted by Crippen LogP contribution is 2.14. The molecule has 0 rings (SSSR count). The first-order chi connectivity index (χ1) is 29.6. The van der Waals surface area contributed by atoms with Crippen LogP contribution in [0.4, 0.5) is 0 Å². The van der Waals surface area contributed by atoms with Gasteiger partial charge in [-0.15, -0.1) is 0 Å². The Kier molecular flexibility index (Phi) is 48.9. The molecule has 0 aromatic rings. The molecule has 60 heavy (non-hydrogen) atoms. The summed E-state index contributed by atoms with van der Waals surface area (Å²) in [6.07, 6.45) is 63.7. The SMILES string of the molecule is CC/C=C\C/C=C\C/C=C\CCCCCCCC(=O)OCC(COCCCCCCCCCC/C=C\C/C=C\CCCCC)OC(=O)CCCCCCCCCCCCC. The van der Waals surface area contributed by atoms with Crippen LogP contribution in [0.25, 0.3) is 0 Å². The van der Waals surface area contributed by atoms with Gasteiger partial charge in [0.05, 0.1) is 6.61 Å². The lowest BCUT2D eigenvalue weighted by molar-refractivity contribution is -0.163. The molecule has 1 atom stereocenters. The summed E-state index contributed by atoms with van der Waals surface area (Å²) >= 11 is 0. The van der Waals surface area contributed by atoms with Gasteiger partial charge in [-0.2, -0.15) is 0 Å². The summed E-state index contributed by atoms with van der Waals surface area (Å²) in [5, 5.41) is 0. The van der Waals surface area contributed by atoms with Crippen molar-refractivity contribution in [3.63, 3.8) is 0 Å². The summed E-state index contributed by atoms with van der Waals surface area (Å²) in [5.41, 5.74) is 0. The van der Waals surface area contributed by atoms with Crippen LogP contribution in [0.1, 0.15) is 252 Å². The van der Waals surface area contributed by atoms with Crippen LogP contribution in [-0.2, 0) is 23.8 Å². The second-order valence-electron chi connectivity index (χ2n) is 17.0. The molecular weight excluding hydrogens is 741 g/mol.